The van der Waals surface area contributed by atoms with Crippen LogP contribution in [0.15, 0.2) is 36.7 Å². The van der Waals surface area contributed by atoms with Crippen molar-refractivity contribution in [2.75, 3.05) is 25.6 Å². The quantitative estimate of drug-likeness (QED) is 0.400. The predicted octanol–water partition coefficient (Wildman–Crippen LogP) is 4.35. The normalized spacial score (nSPS) is 11.0. The fourth-order valence-electron chi connectivity index (χ4n) is 2.88. The number of methoxy groups -OCH3 is 1. The van der Waals surface area contributed by atoms with Crippen LogP contribution in [0, 0.1) is 9.39 Å². The van der Waals surface area contributed by atoms with Crippen molar-refractivity contribution in [2.24, 2.45) is 0 Å². The van der Waals surface area contributed by atoms with Crippen LogP contribution in [0.4, 0.5) is 15.8 Å². The number of carbonyl (C=O) groups is 1. The maximum Gasteiger partial charge on any atom is 0.357 e. The molecule has 0 fully saturated rings. The number of anilines is 2. The summed E-state index contributed by atoms with van der Waals surface area (Å²) in [5.74, 6) is -0.892. The predicted molar refractivity (Wildman–Crippen MR) is 110 cm³/mol. The van der Waals surface area contributed by atoms with Gasteiger partial charge in [-0.1, -0.05) is 0 Å². The van der Waals surface area contributed by atoms with Crippen LogP contribution in [0.3, 0.4) is 0 Å². The zero-order valence-electron chi connectivity index (χ0n) is 15.0. The van der Waals surface area contributed by atoms with Gasteiger partial charge in [0.25, 0.3) is 0 Å². The van der Waals surface area contributed by atoms with E-state index in [-0.39, 0.29) is 12.3 Å². The van der Waals surface area contributed by atoms with Crippen LogP contribution >= 0.6 is 22.6 Å². The number of hydrogen-bond donors (Lipinski definition) is 1. The Balaban J connectivity index is 2.19. The SMILES string of the molecule is CCOC(=O)c1c(Nc2ccc(I)cc2F)c2cnccc2n1CCOC. The van der Waals surface area contributed by atoms with Crippen molar-refractivity contribution in [1.29, 1.82) is 0 Å². The third-order valence-electron chi connectivity index (χ3n) is 4.04. The second-order valence-corrected chi connectivity index (χ2v) is 6.98. The van der Waals surface area contributed by atoms with E-state index < -0.39 is 11.8 Å². The van der Waals surface area contributed by atoms with Gasteiger partial charge in [0.15, 0.2) is 5.69 Å². The van der Waals surface area contributed by atoms with E-state index in [4.69, 9.17) is 9.47 Å². The third kappa shape index (κ3) is 4.06. The highest BCUT2D eigenvalue weighted by Gasteiger charge is 2.24. The minimum Gasteiger partial charge on any atom is -0.461 e. The highest BCUT2D eigenvalue weighted by Crippen LogP contribution is 2.34. The van der Waals surface area contributed by atoms with Gasteiger partial charge in [0, 0.05) is 35.0 Å². The maximum atomic E-state index is 14.4. The zero-order valence-corrected chi connectivity index (χ0v) is 17.1. The average Bonchev–Trinajstić information content (AvgIpc) is 2.96. The Labute approximate surface area is 169 Å². The molecule has 0 aliphatic carbocycles. The monoisotopic (exact) mass is 483 g/mol. The molecule has 2 aromatic heterocycles. The molecule has 1 aromatic carbocycles. The molecule has 0 unspecified atom stereocenters. The first kappa shape index (κ1) is 19.6. The number of rotatable bonds is 7. The lowest BCUT2D eigenvalue weighted by Crippen LogP contribution is -2.16. The number of fused-ring (bicyclic) bond motifs is 1. The van der Waals surface area contributed by atoms with E-state index in [1.54, 1.807) is 38.6 Å². The zero-order chi connectivity index (χ0) is 19.4. The topological polar surface area (TPSA) is 65.4 Å². The van der Waals surface area contributed by atoms with Crippen molar-refractivity contribution in [3.63, 3.8) is 0 Å². The first-order valence-corrected chi connectivity index (χ1v) is 9.49. The summed E-state index contributed by atoms with van der Waals surface area (Å²) in [6.07, 6.45) is 3.30. The molecule has 2 heterocycles. The van der Waals surface area contributed by atoms with Crippen LogP contribution in [-0.4, -0.2) is 35.8 Å². The molecule has 0 amide bonds. The number of hydrogen-bond acceptors (Lipinski definition) is 5. The largest absolute Gasteiger partial charge is 0.461 e. The Morgan fingerprint density at radius 2 is 2.19 bits per heavy atom. The van der Waals surface area contributed by atoms with Gasteiger partial charge in [-0.2, -0.15) is 0 Å². The van der Waals surface area contributed by atoms with Crippen LogP contribution in [0.25, 0.3) is 10.9 Å². The van der Waals surface area contributed by atoms with Crippen LogP contribution in [0.2, 0.25) is 0 Å². The summed E-state index contributed by atoms with van der Waals surface area (Å²) in [5, 5.41) is 3.77. The molecule has 8 heteroatoms. The lowest BCUT2D eigenvalue weighted by molar-refractivity contribution is 0.0513. The average molecular weight is 483 g/mol. The van der Waals surface area contributed by atoms with Gasteiger partial charge in [0.1, 0.15) is 5.82 Å². The molecule has 6 nitrogen and oxygen atoms in total. The van der Waals surface area contributed by atoms with Crippen LogP contribution < -0.4 is 5.32 Å². The summed E-state index contributed by atoms with van der Waals surface area (Å²) in [7, 11) is 1.59. The van der Waals surface area contributed by atoms with Crippen molar-refractivity contribution >= 4 is 50.8 Å². The minimum atomic E-state index is -0.488. The molecule has 27 heavy (non-hydrogen) atoms. The number of ether oxygens (including phenoxy) is 2. The van der Waals surface area contributed by atoms with E-state index in [0.29, 0.717) is 29.9 Å². The smallest absolute Gasteiger partial charge is 0.357 e. The number of nitrogens with zero attached hydrogens (tertiary/aromatic N) is 2. The summed E-state index contributed by atoms with van der Waals surface area (Å²) in [5.41, 5.74) is 1.84. The van der Waals surface area contributed by atoms with Crippen molar-refractivity contribution < 1.29 is 18.7 Å². The number of benzene rings is 1. The standard InChI is InChI=1S/C19H19FIN3O3/c1-3-27-19(25)18-17(23-15-5-4-12(21)10-14(15)20)13-11-22-7-6-16(13)24(18)8-9-26-2/h4-7,10-11,23H,3,8-9H2,1-2H3. The summed E-state index contributed by atoms with van der Waals surface area (Å²) >= 11 is 2.04. The van der Waals surface area contributed by atoms with E-state index in [2.05, 4.69) is 10.3 Å². The van der Waals surface area contributed by atoms with Crippen molar-refractivity contribution in [3.05, 3.63) is 51.7 Å². The van der Waals surface area contributed by atoms with Crippen LogP contribution in [-0.2, 0) is 16.0 Å². The maximum absolute atomic E-state index is 14.4. The number of pyridine rings is 1. The van der Waals surface area contributed by atoms with Gasteiger partial charge in [-0.15, -0.1) is 0 Å². The fourth-order valence-corrected chi connectivity index (χ4v) is 3.33. The molecule has 3 aromatic rings. The first-order valence-electron chi connectivity index (χ1n) is 8.41. The van der Waals surface area contributed by atoms with Gasteiger partial charge in [0.2, 0.25) is 0 Å². The second kappa shape index (κ2) is 8.66. The molecular formula is C19H19FIN3O3. The Morgan fingerprint density at radius 3 is 2.89 bits per heavy atom. The Bertz CT molecular complexity index is 974. The minimum absolute atomic E-state index is 0.236. The highest BCUT2D eigenvalue weighted by atomic mass is 127. The van der Waals surface area contributed by atoms with Gasteiger partial charge in [0.05, 0.1) is 30.1 Å². The molecule has 0 saturated carbocycles. The lowest BCUT2D eigenvalue weighted by Gasteiger charge is -2.12. The van der Waals surface area contributed by atoms with E-state index in [9.17, 15) is 9.18 Å². The highest BCUT2D eigenvalue weighted by molar-refractivity contribution is 14.1. The lowest BCUT2D eigenvalue weighted by atomic mass is 10.2. The van der Waals surface area contributed by atoms with Crippen molar-refractivity contribution in [2.45, 2.75) is 13.5 Å². The number of carbonyl (C=O) groups excluding carboxylic acids is 1. The number of halogens is 2. The van der Waals surface area contributed by atoms with E-state index in [1.807, 2.05) is 33.2 Å². The van der Waals surface area contributed by atoms with Gasteiger partial charge in [-0.3, -0.25) is 4.98 Å². The molecular weight excluding hydrogens is 464 g/mol. The summed E-state index contributed by atoms with van der Waals surface area (Å²) in [6.45, 7) is 2.84. The van der Waals surface area contributed by atoms with Crippen LogP contribution in [0.1, 0.15) is 17.4 Å². The molecule has 0 bridgehead atoms. The summed E-state index contributed by atoms with van der Waals surface area (Å²) in [6, 6.07) is 6.66. The van der Waals surface area contributed by atoms with Gasteiger partial charge >= 0.3 is 5.97 Å². The molecule has 3 rings (SSSR count). The second-order valence-electron chi connectivity index (χ2n) is 5.73. The van der Waals surface area contributed by atoms with Gasteiger partial charge in [-0.25, -0.2) is 9.18 Å². The molecule has 1 N–H and O–H groups in total. The molecule has 0 aliphatic heterocycles. The van der Waals surface area contributed by atoms with Gasteiger partial charge < -0.3 is 19.4 Å². The van der Waals surface area contributed by atoms with Crippen LogP contribution in [0.5, 0.6) is 0 Å². The molecule has 0 aliphatic rings. The van der Waals surface area contributed by atoms with E-state index >= 15 is 0 Å². The number of esters is 1. The summed E-state index contributed by atoms with van der Waals surface area (Å²) in [4.78, 5) is 16.9. The summed E-state index contributed by atoms with van der Waals surface area (Å²) < 4.78 is 27.4. The molecule has 0 saturated heterocycles. The third-order valence-corrected chi connectivity index (χ3v) is 4.71. The van der Waals surface area contributed by atoms with Crippen molar-refractivity contribution in [1.82, 2.24) is 9.55 Å². The fraction of sp³-hybridized carbons (Fsp3) is 0.263. The molecule has 0 spiro atoms. The first-order chi connectivity index (χ1) is 13.1. The van der Waals surface area contributed by atoms with Crippen molar-refractivity contribution in [3.8, 4) is 0 Å². The molecule has 0 radical (unpaired) electrons. The molecule has 142 valence electrons. The number of nitrogens with one attached hydrogen (secondary N) is 1. The Kier molecular flexibility index (Phi) is 6.27. The molecule has 0 atom stereocenters. The Hall–Kier alpha value is -2.20. The van der Waals surface area contributed by atoms with E-state index in [1.165, 1.54) is 6.07 Å². The number of aromatic nitrogens is 2. The van der Waals surface area contributed by atoms with E-state index in [0.717, 1.165) is 9.09 Å². The Morgan fingerprint density at radius 1 is 1.37 bits per heavy atom. The van der Waals surface area contributed by atoms with Gasteiger partial charge in [-0.05, 0) is 53.8 Å².